The fourth-order valence-electron chi connectivity index (χ4n) is 2.10. The Morgan fingerprint density at radius 3 is 2.73 bits per heavy atom. The highest BCUT2D eigenvalue weighted by Crippen LogP contribution is 2.36. The van der Waals surface area contributed by atoms with Crippen LogP contribution in [0.3, 0.4) is 0 Å². The van der Waals surface area contributed by atoms with E-state index in [4.69, 9.17) is 25.8 Å². The Labute approximate surface area is 133 Å². The molecule has 22 heavy (non-hydrogen) atoms. The minimum Gasteiger partial charge on any atom is -0.490 e. The minimum atomic E-state index is -0.139. The average Bonchev–Trinajstić information content (AvgIpc) is 2.54. The predicted molar refractivity (Wildman–Crippen MR) is 80.9 cm³/mol. The van der Waals surface area contributed by atoms with Crippen molar-refractivity contribution in [1.82, 2.24) is 4.90 Å². The van der Waals surface area contributed by atoms with Gasteiger partial charge in [0.25, 0.3) is 5.91 Å². The lowest BCUT2D eigenvalue weighted by molar-refractivity contribution is -0.137. The Bertz CT molecular complexity index is 543. The molecule has 0 saturated carbocycles. The van der Waals surface area contributed by atoms with Crippen molar-refractivity contribution in [1.29, 1.82) is 0 Å². The second-order valence-electron chi connectivity index (χ2n) is 4.66. The van der Waals surface area contributed by atoms with Crippen LogP contribution < -0.4 is 9.47 Å². The minimum absolute atomic E-state index is 0.138. The third kappa shape index (κ3) is 4.11. The monoisotopic (exact) mass is 327 g/mol. The number of ether oxygens (including phenoxy) is 3. The van der Waals surface area contributed by atoms with Gasteiger partial charge in [0.15, 0.2) is 18.1 Å². The first kappa shape index (κ1) is 16.6. The molecule has 0 aliphatic carbocycles. The Kier molecular flexibility index (Phi) is 6.03. The highest BCUT2D eigenvalue weighted by Gasteiger charge is 2.19. The van der Waals surface area contributed by atoms with Crippen molar-refractivity contribution in [2.45, 2.75) is 6.92 Å². The van der Waals surface area contributed by atoms with Gasteiger partial charge in [-0.15, -0.1) is 0 Å². The van der Waals surface area contributed by atoms with Crippen LogP contribution in [-0.4, -0.2) is 56.6 Å². The first-order valence-electron chi connectivity index (χ1n) is 7.05. The summed E-state index contributed by atoms with van der Waals surface area (Å²) in [7, 11) is 0. The summed E-state index contributed by atoms with van der Waals surface area (Å²) < 4.78 is 16.2. The maximum atomic E-state index is 12.1. The molecule has 0 unspecified atom stereocenters. The number of morpholine rings is 1. The van der Waals surface area contributed by atoms with Crippen molar-refractivity contribution >= 4 is 23.8 Å². The Morgan fingerprint density at radius 1 is 1.36 bits per heavy atom. The average molecular weight is 328 g/mol. The molecule has 1 aliphatic rings. The van der Waals surface area contributed by atoms with E-state index in [0.717, 1.165) is 0 Å². The van der Waals surface area contributed by atoms with Crippen LogP contribution in [0.2, 0.25) is 5.02 Å². The lowest BCUT2D eigenvalue weighted by Gasteiger charge is -2.27. The van der Waals surface area contributed by atoms with Crippen molar-refractivity contribution in [2.24, 2.45) is 0 Å². The van der Waals surface area contributed by atoms with E-state index >= 15 is 0 Å². The van der Waals surface area contributed by atoms with Gasteiger partial charge in [0, 0.05) is 18.7 Å². The smallest absolute Gasteiger partial charge is 0.260 e. The van der Waals surface area contributed by atoms with Crippen LogP contribution in [0.25, 0.3) is 0 Å². The molecule has 0 atom stereocenters. The van der Waals surface area contributed by atoms with E-state index in [-0.39, 0.29) is 23.3 Å². The lowest BCUT2D eigenvalue weighted by atomic mass is 10.2. The highest BCUT2D eigenvalue weighted by molar-refractivity contribution is 6.32. The first-order valence-corrected chi connectivity index (χ1v) is 7.43. The molecule has 1 aliphatic heterocycles. The molecule has 0 aromatic heterocycles. The molecule has 1 amide bonds. The van der Waals surface area contributed by atoms with Crippen molar-refractivity contribution in [2.75, 3.05) is 39.5 Å². The van der Waals surface area contributed by atoms with Gasteiger partial charge in [-0.1, -0.05) is 11.6 Å². The molecule has 1 fully saturated rings. The molecular formula is C15H18ClNO5. The zero-order chi connectivity index (χ0) is 15.9. The molecule has 2 rings (SSSR count). The molecule has 0 N–H and O–H groups in total. The van der Waals surface area contributed by atoms with Gasteiger partial charge in [-0.05, 0) is 19.1 Å². The fourth-order valence-corrected chi connectivity index (χ4v) is 2.37. The standard InChI is InChI=1S/C15H18ClNO5/c1-2-21-13-8-11(9-18)7-12(16)15(13)22-10-14(19)17-3-5-20-6-4-17/h7-9H,2-6,10H2,1H3. The number of carbonyl (C=O) groups excluding carboxylic acids is 2. The second kappa shape index (κ2) is 8.00. The second-order valence-corrected chi connectivity index (χ2v) is 5.07. The van der Waals surface area contributed by atoms with E-state index in [0.29, 0.717) is 50.5 Å². The van der Waals surface area contributed by atoms with Gasteiger partial charge in [0.2, 0.25) is 0 Å². The van der Waals surface area contributed by atoms with Gasteiger partial charge >= 0.3 is 0 Å². The molecule has 1 heterocycles. The maximum absolute atomic E-state index is 12.1. The van der Waals surface area contributed by atoms with Crippen LogP contribution in [-0.2, 0) is 9.53 Å². The van der Waals surface area contributed by atoms with Crippen molar-refractivity contribution < 1.29 is 23.8 Å². The van der Waals surface area contributed by atoms with Gasteiger partial charge < -0.3 is 19.1 Å². The van der Waals surface area contributed by atoms with Crippen LogP contribution in [0.1, 0.15) is 17.3 Å². The van der Waals surface area contributed by atoms with Crippen molar-refractivity contribution in [3.8, 4) is 11.5 Å². The van der Waals surface area contributed by atoms with E-state index in [2.05, 4.69) is 0 Å². The molecule has 0 spiro atoms. The summed E-state index contributed by atoms with van der Waals surface area (Å²) in [6, 6.07) is 3.02. The van der Waals surface area contributed by atoms with E-state index < -0.39 is 0 Å². The summed E-state index contributed by atoms with van der Waals surface area (Å²) in [5.74, 6) is 0.490. The number of aldehydes is 1. The summed E-state index contributed by atoms with van der Waals surface area (Å²) in [5.41, 5.74) is 0.389. The predicted octanol–water partition coefficient (Wildman–Crippen LogP) is 1.79. The van der Waals surface area contributed by atoms with E-state index in [1.165, 1.54) is 12.1 Å². The zero-order valence-electron chi connectivity index (χ0n) is 12.3. The fraction of sp³-hybridized carbons (Fsp3) is 0.467. The number of amides is 1. The van der Waals surface area contributed by atoms with E-state index in [1.807, 2.05) is 6.92 Å². The van der Waals surface area contributed by atoms with Gasteiger partial charge in [0.05, 0.1) is 24.8 Å². The third-order valence-electron chi connectivity index (χ3n) is 3.17. The number of hydrogen-bond donors (Lipinski definition) is 0. The van der Waals surface area contributed by atoms with Gasteiger partial charge in [-0.2, -0.15) is 0 Å². The van der Waals surface area contributed by atoms with Gasteiger partial charge in [0.1, 0.15) is 6.29 Å². The SMILES string of the molecule is CCOc1cc(C=O)cc(Cl)c1OCC(=O)N1CCOCC1. The molecule has 1 aromatic rings. The van der Waals surface area contributed by atoms with Gasteiger partial charge in [-0.25, -0.2) is 0 Å². The Morgan fingerprint density at radius 2 is 2.09 bits per heavy atom. The zero-order valence-corrected chi connectivity index (χ0v) is 13.1. The van der Waals surface area contributed by atoms with Crippen molar-refractivity contribution in [3.63, 3.8) is 0 Å². The number of halogens is 1. The van der Waals surface area contributed by atoms with Crippen LogP contribution in [0.5, 0.6) is 11.5 Å². The van der Waals surface area contributed by atoms with Gasteiger partial charge in [-0.3, -0.25) is 9.59 Å². The van der Waals surface area contributed by atoms with Crippen LogP contribution in [0, 0.1) is 0 Å². The Balaban J connectivity index is 2.07. The summed E-state index contributed by atoms with van der Waals surface area (Å²) in [6.07, 6.45) is 0.678. The number of carbonyl (C=O) groups is 2. The van der Waals surface area contributed by atoms with Crippen LogP contribution in [0.4, 0.5) is 0 Å². The third-order valence-corrected chi connectivity index (χ3v) is 3.45. The highest BCUT2D eigenvalue weighted by atomic mass is 35.5. The quantitative estimate of drug-likeness (QED) is 0.745. The molecule has 120 valence electrons. The number of rotatable bonds is 6. The van der Waals surface area contributed by atoms with E-state index in [9.17, 15) is 9.59 Å². The van der Waals surface area contributed by atoms with Crippen molar-refractivity contribution in [3.05, 3.63) is 22.7 Å². The summed E-state index contributed by atoms with van der Waals surface area (Å²) in [4.78, 5) is 24.6. The molecule has 1 aromatic carbocycles. The van der Waals surface area contributed by atoms with E-state index in [1.54, 1.807) is 4.90 Å². The molecule has 1 saturated heterocycles. The maximum Gasteiger partial charge on any atom is 0.260 e. The molecular weight excluding hydrogens is 310 g/mol. The topological polar surface area (TPSA) is 65.1 Å². The molecule has 6 nitrogen and oxygen atoms in total. The molecule has 7 heteroatoms. The Hall–Kier alpha value is -1.79. The lowest BCUT2D eigenvalue weighted by Crippen LogP contribution is -2.43. The number of benzene rings is 1. The molecule has 0 radical (unpaired) electrons. The summed E-state index contributed by atoms with van der Waals surface area (Å²) >= 11 is 6.11. The number of hydrogen-bond acceptors (Lipinski definition) is 5. The van der Waals surface area contributed by atoms with Crippen LogP contribution in [0.15, 0.2) is 12.1 Å². The summed E-state index contributed by atoms with van der Waals surface area (Å²) in [6.45, 7) is 4.24. The summed E-state index contributed by atoms with van der Waals surface area (Å²) in [5, 5.41) is 0.239. The molecule has 0 bridgehead atoms. The number of nitrogens with zero attached hydrogens (tertiary/aromatic N) is 1. The normalized spacial score (nSPS) is 14.5. The van der Waals surface area contributed by atoms with Crippen LogP contribution >= 0.6 is 11.6 Å². The first-order chi connectivity index (χ1) is 10.7. The largest absolute Gasteiger partial charge is 0.490 e.